The molecule has 0 amide bonds. The SMILES string of the molecule is C=C(CCC(C)C)c1c(C)cc(C)c(CC(CCC)CCC)c1C(C)C. The van der Waals surface area contributed by atoms with E-state index in [1.807, 2.05) is 0 Å². The highest BCUT2D eigenvalue weighted by atomic mass is 14.3. The molecule has 0 N–H and O–H groups in total. The molecule has 0 aliphatic heterocycles. The zero-order chi connectivity index (χ0) is 19.9. The zero-order valence-corrected chi connectivity index (χ0v) is 19.0. The van der Waals surface area contributed by atoms with Gasteiger partial charge in [-0.2, -0.15) is 0 Å². The lowest BCUT2D eigenvalue weighted by molar-refractivity contribution is 0.435. The van der Waals surface area contributed by atoms with Gasteiger partial charge in [0, 0.05) is 0 Å². The van der Waals surface area contributed by atoms with Crippen LogP contribution in [0.1, 0.15) is 114 Å². The average molecular weight is 357 g/mol. The van der Waals surface area contributed by atoms with E-state index >= 15 is 0 Å². The van der Waals surface area contributed by atoms with Crippen LogP contribution in [0.15, 0.2) is 12.6 Å². The van der Waals surface area contributed by atoms with Crippen LogP contribution < -0.4 is 0 Å². The zero-order valence-electron chi connectivity index (χ0n) is 19.0. The van der Waals surface area contributed by atoms with Crippen molar-refractivity contribution in [2.24, 2.45) is 11.8 Å². The van der Waals surface area contributed by atoms with E-state index in [-0.39, 0.29) is 0 Å². The second kappa shape index (κ2) is 11.0. The molecular weight excluding hydrogens is 312 g/mol. The number of rotatable bonds is 11. The molecule has 0 radical (unpaired) electrons. The highest BCUT2D eigenvalue weighted by Crippen LogP contribution is 2.37. The van der Waals surface area contributed by atoms with Gasteiger partial charge < -0.3 is 0 Å². The molecule has 0 atom stereocenters. The van der Waals surface area contributed by atoms with Crippen molar-refractivity contribution in [2.45, 2.75) is 106 Å². The molecule has 0 unspecified atom stereocenters. The molecule has 0 aliphatic carbocycles. The van der Waals surface area contributed by atoms with Crippen LogP contribution in [-0.4, -0.2) is 0 Å². The molecule has 0 spiro atoms. The minimum Gasteiger partial charge on any atom is -0.0952 e. The van der Waals surface area contributed by atoms with Gasteiger partial charge in [0.15, 0.2) is 0 Å². The normalized spacial score (nSPS) is 11.8. The van der Waals surface area contributed by atoms with Gasteiger partial charge in [0.25, 0.3) is 0 Å². The Bertz CT molecular complexity index is 568. The van der Waals surface area contributed by atoms with Crippen LogP contribution in [0, 0.1) is 25.7 Å². The summed E-state index contributed by atoms with van der Waals surface area (Å²) in [5, 5.41) is 0. The van der Waals surface area contributed by atoms with Gasteiger partial charge >= 0.3 is 0 Å². The van der Waals surface area contributed by atoms with Crippen molar-refractivity contribution in [1.82, 2.24) is 0 Å². The van der Waals surface area contributed by atoms with Gasteiger partial charge in [0.1, 0.15) is 0 Å². The molecule has 0 bridgehead atoms. The number of hydrogen-bond acceptors (Lipinski definition) is 0. The predicted octanol–water partition coefficient (Wildman–Crippen LogP) is 8.64. The van der Waals surface area contributed by atoms with Gasteiger partial charge in [0.05, 0.1) is 0 Å². The smallest absolute Gasteiger partial charge is 0.0163 e. The summed E-state index contributed by atoms with van der Waals surface area (Å²) < 4.78 is 0. The van der Waals surface area contributed by atoms with Crippen molar-refractivity contribution < 1.29 is 0 Å². The first kappa shape index (κ1) is 23.0. The Balaban J connectivity index is 3.36. The lowest BCUT2D eigenvalue weighted by Crippen LogP contribution is -2.12. The molecule has 148 valence electrons. The Hall–Kier alpha value is -1.04. The second-order valence-corrected chi connectivity index (χ2v) is 9.12. The molecule has 26 heavy (non-hydrogen) atoms. The first-order chi connectivity index (χ1) is 12.2. The van der Waals surface area contributed by atoms with E-state index in [0.717, 1.165) is 18.3 Å². The summed E-state index contributed by atoms with van der Waals surface area (Å²) in [6, 6.07) is 2.42. The van der Waals surface area contributed by atoms with Crippen LogP contribution in [0.5, 0.6) is 0 Å². The fraction of sp³-hybridized carbons (Fsp3) is 0.692. The molecule has 0 aliphatic rings. The summed E-state index contributed by atoms with van der Waals surface area (Å²) in [4.78, 5) is 0. The fourth-order valence-corrected chi connectivity index (χ4v) is 4.48. The quantitative estimate of drug-likeness (QED) is 0.372. The molecule has 0 heterocycles. The number of benzene rings is 1. The maximum absolute atomic E-state index is 4.52. The largest absolute Gasteiger partial charge is 0.0952 e. The minimum absolute atomic E-state index is 0.554. The highest BCUT2D eigenvalue weighted by Gasteiger charge is 2.21. The molecule has 1 rings (SSSR count). The monoisotopic (exact) mass is 356 g/mol. The molecule has 1 aromatic rings. The lowest BCUT2D eigenvalue weighted by atomic mass is 9.78. The van der Waals surface area contributed by atoms with Crippen molar-refractivity contribution in [3.8, 4) is 0 Å². The molecule has 0 fully saturated rings. The molecule has 0 aromatic heterocycles. The van der Waals surface area contributed by atoms with E-state index < -0.39 is 0 Å². The number of aryl methyl sites for hydroxylation is 2. The van der Waals surface area contributed by atoms with E-state index in [2.05, 4.69) is 68.0 Å². The Kier molecular flexibility index (Phi) is 9.69. The van der Waals surface area contributed by atoms with Crippen LogP contribution in [0.25, 0.3) is 5.57 Å². The van der Waals surface area contributed by atoms with Crippen molar-refractivity contribution in [1.29, 1.82) is 0 Å². The third-order valence-corrected chi connectivity index (χ3v) is 5.74. The summed E-state index contributed by atoms with van der Waals surface area (Å²) >= 11 is 0. The van der Waals surface area contributed by atoms with Crippen LogP contribution in [-0.2, 0) is 6.42 Å². The molecule has 0 nitrogen and oxygen atoms in total. The third-order valence-electron chi connectivity index (χ3n) is 5.74. The van der Waals surface area contributed by atoms with E-state index in [1.54, 1.807) is 11.1 Å². The fourth-order valence-electron chi connectivity index (χ4n) is 4.48. The van der Waals surface area contributed by atoms with Crippen LogP contribution >= 0.6 is 0 Å². The van der Waals surface area contributed by atoms with Crippen molar-refractivity contribution in [3.63, 3.8) is 0 Å². The van der Waals surface area contributed by atoms with E-state index in [1.165, 1.54) is 60.8 Å². The van der Waals surface area contributed by atoms with Gasteiger partial charge in [-0.05, 0) is 84.3 Å². The molecule has 0 saturated heterocycles. The molecular formula is C26H44. The summed E-state index contributed by atoms with van der Waals surface area (Å²) in [5.74, 6) is 2.11. The van der Waals surface area contributed by atoms with E-state index in [0.29, 0.717) is 5.92 Å². The third kappa shape index (κ3) is 6.29. The van der Waals surface area contributed by atoms with E-state index in [4.69, 9.17) is 0 Å². The summed E-state index contributed by atoms with van der Waals surface area (Å²) in [7, 11) is 0. The van der Waals surface area contributed by atoms with Gasteiger partial charge in [-0.1, -0.05) is 79.9 Å². The number of hydrogen-bond donors (Lipinski definition) is 0. The molecule has 0 saturated carbocycles. The average Bonchev–Trinajstić information content (AvgIpc) is 2.54. The predicted molar refractivity (Wildman–Crippen MR) is 120 cm³/mol. The maximum atomic E-state index is 4.52. The second-order valence-electron chi connectivity index (χ2n) is 9.12. The Morgan fingerprint density at radius 3 is 1.96 bits per heavy atom. The summed E-state index contributed by atoms with van der Waals surface area (Å²) in [5.41, 5.74) is 8.96. The van der Waals surface area contributed by atoms with Crippen LogP contribution in [0.2, 0.25) is 0 Å². The van der Waals surface area contributed by atoms with Crippen molar-refractivity contribution in [2.75, 3.05) is 0 Å². The van der Waals surface area contributed by atoms with Crippen molar-refractivity contribution in [3.05, 3.63) is 40.5 Å². The first-order valence-corrected chi connectivity index (χ1v) is 11.0. The minimum atomic E-state index is 0.554. The van der Waals surface area contributed by atoms with Gasteiger partial charge in [-0.25, -0.2) is 0 Å². The molecule has 1 aromatic carbocycles. The Morgan fingerprint density at radius 2 is 1.50 bits per heavy atom. The first-order valence-electron chi connectivity index (χ1n) is 11.0. The van der Waals surface area contributed by atoms with Crippen LogP contribution in [0.3, 0.4) is 0 Å². The highest BCUT2D eigenvalue weighted by molar-refractivity contribution is 5.72. The maximum Gasteiger partial charge on any atom is -0.0163 e. The summed E-state index contributed by atoms with van der Waals surface area (Å²) in [6.45, 7) is 23.1. The van der Waals surface area contributed by atoms with E-state index in [9.17, 15) is 0 Å². The van der Waals surface area contributed by atoms with Gasteiger partial charge in [-0.15, -0.1) is 0 Å². The molecule has 0 heteroatoms. The Labute approximate surface area is 164 Å². The van der Waals surface area contributed by atoms with Crippen LogP contribution in [0.4, 0.5) is 0 Å². The lowest BCUT2D eigenvalue weighted by Gasteiger charge is -2.27. The van der Waals surface area contributed by atoms with Gasteiger partial charge in [0.2, 0.25) is 0 Å². The topological polar surface area (TPSA) is 0 Å². The summed E-state index contributed by atoms with van der Waals surface area (Å²) in [6.07, 6.45) is 8.87. The number of allylic oxidation sites excluding steroid dienone is 1. The Morgan fingerprint density at radius 1 is 0.923 bits per heavy atom. The van der Waals surface area contributed by atoms with Gasteiger partial charge in [-0.3, -0.25) is 0 Å². The standard InChI is InChI=1S/C26H44/c1-10-12-23(13-11-2)17-24-21(8)16-22(9)26(25(24)19(5)6)20(7)15-14-18(3)4/h16,18-19,23H,7,10-15,17H2,1-6,8-9H3. The van der Waals surface area contributed by atoms with Crippen molar-refractivity contribution >= 4 is 5.57 Å².